The highest BCUT2D eigenvalue weighted by atomic mass is 16.5. The molecular formula is C35H41N3O4. The van der Waals surface area contributed by atoms with Crippen molar-refractivity contribution >= 4 is 12.0 Å². The van der Waals surface area contributed by atoms with Crippen LogP contribution >= 0.6 is 0 Å². The number of hydrogen-bond donors (Lipinski definition) is 3. The fourth-order valence-electron chi connectivity index (χ4n) is 4.88. The first-order chi connectivity index (χ1) is 20.2. The number of aromatic amines is 2. The number of rotatable bonds is 14. The number of aryl methyl sites for hydroxylation is 2. The Morgan fingerprint density at radius 2 is 1.64 bits per heavy atom. The second-order valence-corrected chi connectivity index (χ2v) is 11.8. The highest BCUT2D eigenvalue weighted by Gasteiger charge is 2.13. The molecule has 0 aliphatic carbocycles. The molecular weight excluding hydrogens is 526 g/mol. The Morgan fingerprint density at radius 1 is 0.929 bits per heavy atom. The molecule has 1 heterocycles. The number of aromatic carboxylic acids is 1. The highest BCUT2D eigenvalue weighted by Crippen LogP contribution is 2.26. The summed E-state index contributed by atoms with van der Waals surface area (Å²) in [5.74, 6) is 0.938. The number of carbonyl (C=O) groups is 1. The Kier molecular flexibility index (Phi) is 10.5. The van der Waals surface area contributed by atoms with Crippen LogP contribution in [0, 0.1) is 5.92 Å². The molecule has 1 unspecified atom stereocenters. The van der Waals surface area contributed by atoms with Crippen molar-refractivity contribution in [3.8, 4) is 5.75 Å². The Labute approximate surface area is 247 Å². The number of carboxylic acid groups (broad SMARTS) is 1. The van der Waals surface area contributed by atoms with Gasteiger partial charge in [-0.1, -0.05) is 93.9 Å². The number of benzene rings is 3. The Morgan fingerprint density at radius 3 is 2.31 bits per heavy atom. The zero-order valence-corrected chi connectivity index (χ0v) is 24.7. The van der Waals surface area contributed by atoms with Crippen LogP contribution in [0.1, 0.15) is 84.9 Å². The maximum absolute atomic E-state index is 11.3. The van der Waals surface area contributed by atoms with E-state index in [1.165, 1.54) is 5.56 Å². The molecule has 7 nitrogen and oxygen atoms in total. The molecule has 0 spiro atoms. The van der Waals surface area contributed by atoms with E-state index in [1.54, 1.807) is 12.1 Å². The minimum atomic E-state index is -0.913. The lowest BCUT2D eigenvalue weighted by Crippen LogP contribution is -2.10. The van der Waals surface area contributed by atoms with E-state index in [9.17, 15) is 14.7 Å². The van der Waals surface area contributed by atoms with E-state index in [1.807, 2.05) is 30.3 Å². The van der Waals surface area contributed by atoms with Crippen molar-refractivity contribution in [3.63, 3.8) is 0 Å². The van der Waals surface area contributed by atoms with Crippen LogP contribution in [0.25, 0.3) is 6.08 Å². The predicted octanol–water partition coefficient (Wildman–Crippen LogP) is 7.35. The van der Waals surface area contributed by atoms with Gasteiger partial charge in [0.25, 0.3) is 0 Å². The smallest absolute Gasteiger partial charge is 0.340 e. The van der Waals surface area contributed by atoms with Gasteiger partial charge in [0.2, 0.25) is 0 Å². The molecule has 3 N–H and O–H groups in total. The van der Waals surface area contributed by atoms with Crippen molar-refractivity contribution in [3.05, 3.63) is 123 Å². The van der Waals surface area contributed by atoms with Gasteiger partial charge in [-0.2, -0.15) is 5.10 Å². The Bertz CT molecular complexity index is 1510. The summed E-state index contributed by atoms with van der Waals surface area (Å²) in [6, 6.07) is 23.8. The molecule has 0 saturated carbocycles. The van der Waals surface area contributed by atoms with Crippen LogP contribution in [0.4, 0.5) is 0 Å². The number of unbranched alkanes of at least 4 members (excludes halogenated alkanes) is 1. The van der Waals surface area contributed by atoms with Crippen LogP contribution in [0.5, 0.6) is 5.75 Å². The van der Waals surface area contributed by atoms with Gasteiger partial charge in [-0.3, -0.25) is 4.98 Å². The summed E-state index contributed by atoms with van der Waals surface area (Å²) in [6.45, 7) is 7.14. The molecule has 1 aromatic heterocycles. The molecule has 0 aliphatic heterocycles. The normalized spacial score (nSPS) is 12.5. The highest BCUT2D eigenvalue weighted by molar-refractivity contribution is 5.87. The first kappa shape index (κ1) is 30.6. The second kappa shape index (κ2) is 14.5. The fraction of sp³-hybridized carbons (Fsp3) is 0.343. The minimum Gasteiger partial charge on any atom is -0.488 e. The lowest BCUT2D eigenvalue weighted by Gasteiger charge is -2.19. The monoisotopic (exact) mass is 567 g/mol. The maximum Gasteiger partial charge on any atom is 0.340 e. The lowest BCUT2D eigenvalue weighted by atomic mass is 9.87. The quantitative estimate of drug-likeness (QED) is 0.138. The molecule has 4 aromatic rings. The molecule has 0 amide bonds. The molecule has 220 valence electrons. The SMILES string of the molecule is CC(C)(C)c1ccc(COc2ccccc2/C=C/C(CCCCc2n[nH]c(=O)[nH]2)CCc2ccc(C(=O)O)cc2)cc1. The molecule has 7 heteroatoms. The van der Waals surface area contributed by atoms with Crippen LogP contribution in [0.15, 0.2) is 83.7 Å². The average Bonchev–Trinajstić information content (AvgIpc) is 3.40. The van der Waals surface area contributed by atoms with Crippen LogP contribution in [0.3, 0.4) is 0 Å². The predicted molar refractivity (Wildman–Crippen MR) is 167 cm³/mol. The summed E-state index contributed by atoms with van der Waals surface area (Å²) in [4.78, 5) is 25.2. The van der Waals surface area contributed by atoms with Gasteiger partial charge < -0.3 is 9.84 Å². The molecule has 0 bridgehead atoms. The van der Waals surface area contributed by atoms with Crippen molar-refractivity contribution in [2.75, 3.05) is 0 Å². The summed E-state index contributed by atoms with van der Waals surface area (Å²) in [5.41, 5.74) is 4.73. The Hall–Kier alpha value is -4.39. The number of nitrogens with zero attached hydrogens (tertiary/aromatic N) is 1. The molecule has 0 fully saturated rings. The van der Waals surface area contributed by atoms with Gasteiger partial charge in [-0.05, 0) is 71.9 Å². The van der Waals surface area contributed by atoms with Gasteiger partial charge in [0, 0.05) is 12.0 Å². The fourth-order valence-corrected chi connectivity index (χ4v) is 4.88. The second-order valence-electron chi connectivity index (χ2n) is 11.8. The molecule has 42 heavy (non-hydrogen) atoms. The number of aromatic nitrogens is 3. The van der Waals surface area contributed by atoms with Crippen molar-refractivity contribution < 1.29 is 14.6 Å². The topological polar surface area (TPSA) is 108 Å². The summed E-state index contributed by atoms with van der Waals surface area (Å²) >= 11 is 0. The molecule has 4 rings (SSSR count). The molecule has 3 aromatic carbocycles. The van der Waals surface area contributed by atoms with E-state index in [2.05, 4.69) is 78.4 Å². The van der Waals surface area contributed by atoms with Gasteiger partial charge >= 0.3 is 11.7 Å². The summed E-state index contributed by atoms with van der Waals surface area (Å²) in [5, 5.41) is 15.6. The van der Waals surface area contributed by atoms with E-state index < -0.39 is 5.97 Å². The third kappa shape index (κ3) is 9.33. The maximum atomic E-state index is 11.3. The molecule has 0 aliphatic rings. The van der Waals surface area contributed by atoms with Crippen molar-refractivity contribution in [1.82, 2.24) is 15.2 Å². The standard InChI is InChI=1S/C35H41N3O4/c1-35(2,3)30-22-17-27(18-23-30)24-42-31-10-6-5-9-28(31)19-14-25(8-4-7-11-32-36-34(41)38-37-32)12-13-26-15-20-29(21-16-26)33(39)40/h5-6,9-10,14-23,25H,4,7-8,11-13,24H2,1-3H3,(H,39,40)(H2,36,37,38,41)/b19-14+. The third-order valence-electron chi connectivity index (χ3n) is 7.47. The number of H-pyrrole nitrogens is 2. The van der Waals surface area contributed by atoms with Crippen molar-refractivity contribution in [2.45, 2.75) is 71.3 Å². The number of allylic oxidation sites excluding steroid dienone is 1. The number of hydrogen-bond acceptors (Lipinski definition) is 4. The zero-order valence-electron chi connectivity index (χ0n) is 24.7. The van der Waals surface area contributed by atoms with E-state index in [-0.39, 0.29) is 11.1 Å². The third-order valence-corrected chi connectivity index (χ3v) is 7.47. The largest absolute Gasteiger partial charge is 0.488 e. The lowest BCUT2D eigenvalue weighted by molar-refractivity contribution is 0.0697. The minimum absolute atomic E-state index is 0.118. The van der Waals surface area contributed by atoms with Gasteiger partial charge in [0.1, 0.15) is 18.2 Å². The molecule has 1 atom stereocenters. The van der Waals surface area contributed by atoms with Gasteiger partial charge in [-0.15, -0.1) is 0 Å². The molecule has 0 saturated heterocycles. The van der Waals surface area contributed by atoms with E-state index >= 15 is 0 Å². The number of para-hydroxylation sites is 1. The number of carboxylic acids is 1. The summed E-state index contributed by atoms with van der Waals surface area (Å²) in [7, 11) is 0. The summed E-state index contributed by atoms with van der Waals surface area (Å²) < 4.78 is 6.25. The van der Waals surface area contributed by atoms with Crippen molar-refractivity contribution in [1.29, 1.82) is 0 Å². The van der Waals surface area contributed by atoms with E-state index in [0.29, 0.717) is 23.9 Å². The number of ether oxygens (including phenoxy) is 1. The van der Waals surface area contributed by atoms with Crippen LogP contribution in [0.2, 0.25) is 0 Å². The first-order valence-electron chi connectivity index (χ1n) is 14.6. The van der Waals surface area contributed by atoms with Crippen molar-refractivity contribution in [2.24, 2.45) is 5.92 Å². The van der Waals surface area contributed by atoms with Crippen LogP contribution in [-0.4, -0.2) is 26.3 Å². The summed E-state index contributed by atoms with van der Waals surface area (Å²) in [6.07, 6.45) is 9.83. The van der Waals surface area contributed by atoms with Crippen LogP contribution < -0.4 is 10.4 Å². The van der Waals surface area contributed by atoms with Gasteiger partial charge in [0.15, 0.2) is 0 Å². The Balaban J connectivity index is 1.40. The van der Waals surface area contributed by atoms with E-state index in [0.717, 1.165) is 61.0 Å². The zero-order chi connectivity index (χ0) is 30.0. The van der Waals surface area contributed by atoms with Gasteiger partial charge in [0.05, 0.1) is 5.56 Å². The molecule has 0 radical (unpaired) electrons. The van der Waals surface area contributed by atoms with E-state index in [4.69, 9.17) is 4.74 Å². The van der Waals surface area contributed by atoms with Crippen LogP contribution in [-0.2, 0) is 24.9 Å². The average molecular weight is 568 g/mol. The van der Waals surface area contributed by atoms with Gasteiger partial charge in [-0.25, -0.2) is 14.7 Å². The number of nitrogens with one attached hydrogen (secondary N) is 2. The first-order valence-corrected chi connectivity index (χ1v) is 14.6.